The molecular formula is C38H74O2. The van der Waals surface area contributed by atoms with Gasteiger partial charge in [0.1, 0.15) is 6.10 Å². The molecule has 0 spiro atoms. The molecule has 0 aromatic carbocycles. The van der Waals surface area contributed by atoms with Gasteiger partial charge in [0.15, 0.2) is 0 Å². The maximum absolute atomic E-state index is 12.7. The average Bonchev–Trinajstić information content (AvgIpc) is 2.96. The van der Waals surface area contributed by atoms with Gasteiger partial charge in [-0.2, -0.15) is 0 Å². The summed E-state index contributed by atoms with van der Waals surface area (Å²) in [4.78, 5) is 12.7. The molecule has 0 fully saturated rings. The van der Waals surface area contributed by atoms with Crippen molar-refractivity contribution < 1.29 is 9.53 Å². The van der Waals surface area contributed by atoms with Crippen molar-refractivity contribution in [3.63, 3.8) is 0 Å². The lowest BCUT2D eigenvalue weighted by Gasteiger charge is -2.23. The normalized spacial score (nSPS) is 13.2. The quantitative estimate of drug-likeness (QED) is 0.0463. The van der Waals surface area contributed by atoms with E-state index in [1.165, 1.54) is 154 Å². The molecule has 0 aliphatic heterocycles. The zero-order valence-corrected chi connectivity index (χ0v) is 28.1. The largest absolute Gasteiger partial charge is 0.462 e. The fourth-order valence-corrected chi connectivity index (χ4v) is 5.85. The van der Waals surface area contributed by atoms with Crippen LogP contribution in [0.15, 0.2) is 12.2 Å². The summed E-state index contributed by atoms with van der Waals surface area (Å²) in [6, 6.07) is 0. The average molecular weight is 563 g/mol. The summed E-state index contributed by atoms with van der Waals surface area (Å²) in [6.45, 7) is 9.15. The first kappa shape index (κ1) is 39.2. The van der Waals surface area contributed by atoms with Crippen LogP contribution in [0.3, 0.4) is 0 Å². The van der Waals surface area contributed by atoms with E-state index >= 15 is 0 Å². The second-order valence-electron chi connectivity index (χ2n) is 12.7. The van der Waals surface area contributed by atoms with E-state index in [2.05, 4.69) is 39.8 Å². The Morgan fingerprint density at radius 1 is 0.525 bits per heavy atom. The molecule has 0 saturated heterocycles. The number of allylic oxidation sites excluding steroid dienone is 2. The minimum Gasteiger partial charge on any atom is -0.462 e. The SMILES string of the molecule is CCCCCCCC/C=C\CCCCCCCC(=O)OC(CCCCCCCCCCC)CC(CC)CCCC. The van der Waals surface area contributed by atoms with Crippen LogP contribution in [-0.2, 0) is 9.53 Å². The molecule has 0 heterocycles. The van der Waals surface area contributed by atoms with Gasteiger partial charge in [0, 0.05) is 6.42 Å². The lowest BCUT2D eigenvalue weighted by molar-refractivity contribution is -0.150. The number of unbranched alkanes of at least 4 members (excludes halogenated alkanes) is 20. The van der Waals surface area contributed by atoms with Crippen molar-refractivity contribution in [2.24, 2.45) is 5.92 Å². The van der Waals surface area contributed by atoms with E-state index in [1.807, 2.05) is 0 Å². The molecule has 0 N–H and O–H groups in total. The van der Waals surface area contributed by atoms with Crippen molar-refractivity contribution in [2.45, 2.75) is 220 Å². The van der Waals surface area contributed by atoms with Gasteiger partial charge in [-0.05, 0) is 57.3 Å². The molecular weight excluding hydrogens is 488 g/mol. The number of esters is 1. The molecule has 0 saturated carbocycles. The van der Waals surface area contributed by atoms with E-state index in [9.17, 15) is 4.79 Å². The Balaban J connectivity index is 4.04. The minimum atomic E-state index is 0.0592. The fraction of sp³-hybridized carbons (Fsp3) is 0.921. The molecule has 0 aromatic rings. The fourth-order valence-electron chi connectivity index (χ4n) is 5.85. The van der Waals surface area contributed by atoms with Crippen LogP contribution < -0.4 is 0 Å². The van der Waals surface area contributed by atoms with Crippen LogP contribution in [-0.4, -0.2) is 12.1 Å². The standard InChI is InChI=1S/C38H74O2/c1-5-9-12-14-16-18-19-20-21-22-23-25-27-29-31-34-38(39)40-37(35-36(8-4)32-11-7-3)33-30-28-26-24-17-15-13-10-6-2/h20-21,36-37H,5-19,22-35H2,1-4H3/b21-20-. The highest BCUT2D eigenvalue weighted by molar-refractivity contribution is 5.69. The Labute approximate surface area is 253 Å². The number of carbonyl (C=O) groups excluding carboxylic acids is 1. The van der Waals surface area contributed by atoms with Crippen LogP contribution in [0.1, 0.15) is 214 Å². The van der Waals surface area contributed by atoms with Gasteiger partial charge in [-0.15, -0.1) is 0 Å². The predicted octanol–water partition coefficient (Wildman–Crippen LogP) is 13.5. The zero-order chi connectivity index (χ0) is 29.4. The van der Waals surface area contributed by atoms with Crippen molar-refractivity contribution in [2.75, 3.05) is 0 Å². The Hall–Kier alpha value is -0.790. The number of carbonyl (C=O) groups is 1. The molecule has 2 unspecified atom stereocenters. The summed E-state index contributed by atoms with van der Waals surface area (Å²) in [5.41, 5.74) is 0. The van der Waals surface area contributed by atoms with E-state index in [-0.39, 0.29) is 12.1 Å². The molecule has 2 heteroatoms. The third-order valence-electron chi connectivity index (χ3n) is 8.71. The van der Waals surface area contributed by atoms with Crippen molar-refractivity contribution in [1.29, 1.82) is 0 Å². The number of rotatable bonds is 32. The Bertz CT molecular complexity index is 526. The monoisotopic (exact) mass is 563 g/mol. The lowest BCUT2D eigenvalue weighted by Crippen LogP contribution is -2.21. The Kier molecular flexibility index (Phi) is 32.1. The Morgan fingerprint density at radius 3 is 1.48 bits per heavy atom. The second kappa shape index (κ2) is 32.7. The summed E-state index contributed by atoms with van der Waals surface area (Å²) >= 11 is 0. The van der Waals surface area contributed by atoms with Gasteiger partial charge in [0.05, 0.1) is 0 Å². The van der Waals surface area contributed by atoms with Crippen molar-refractivity contribution in [1.82, 2.24) is 0 Å². The van der Waals surface area contributed by atoms with E-state index in [1.54, 1.807) is 0 Å². The molecule has 0 aliphatic rings. The van der Waals surface area contributed by atoms with E-state index in [4.69, 9.17) is 4.74 Å². The van der Waals surface area contributed by atoms with Crippen LogP contribution >= 0.6 is 0 Å². The maximum Gasteiger partial charge on any atom is 0.306 e. The summed E-state index contributed by atoms with van der Waals surface area (Å²) in [6.07, 6.45) is 41.6. The second-order valence-corrected chi connectivity index (χ2v) is 12.7. The molecule has 0 aromatic heterocycles. The highest BCUT2D eigenvalue weighted by Crippen LogP contribution is 2.24. The first-order chi connectivity index (χ1) is 19.7. The number of ether oxygens (including phenoxy) is 1. The topological polar surface area (TPSA) is 26.3 Å². The van der Waals surface area contributed by atoms with Crippen molar-refractivity contribution in [3.8, 4) is 0 Å². The molecule has 0 rings (SSSR count). The van der Waals surface area contributed by atoms with Crippen molar-refractivity contribution in [3.05, 3.63) is 12.2 Å². The lowest BCUT2D eigenvalue weighted by atomic mass is 9.91. The first-order valence-electron chi connectivity index (χ1n) is 18.5. The molecule has 2 atom stereocenters. The molecule has 40 heavy (non-hydrogen) atoms. The van der Waals surface area contributed by atoms with Gasteiger partial charge < -0.3 is 4.74 Å². The highest BCUT2D eigenvalue weighted by atomic mass is 16.5. The van der Waals surface area contributed by atoms with E-state index in [0.29, 0.717) is 12.3 Å². The van der Waals surface area contributed by atoms with Crippen LogP contribution in [0.2, 0.25) is 0 Å². The smallest absolute Gasteiger partial charge is 0.306 e. The van der Waals surface area contributed by atoms with E-state index < -0.39 is 0 Å². The summed E-state index contributed by atoms with van der Waals surface area (Å²) < 4.78 is 6.11. The van der Waals surface area contributed by atoms with Crippen LogP contribution in [0.5, 0.6) is 0 Å². The van der Waals surface area contributed by atoms with Gasteiger partial charge in [-0.25, -0.2) is 0 Å². The minimum absolute atomic E-state index is 0.0592. The highest BCUT2D eigenvalue weighted by Gasteiger charge is 2.19. The molecule has 0 radical (unpaired) electrons. The third-order valence-corrected chi connectivity index (χ3v) is 8.71. The van der Waals surface area contributed by atoms with Crippen LogP contribution in [0.25, 0.3) is 0 Å². The van der Waals surface area contributed by atoms with Crippen molar-refractivity contribution >= 4 is 5.97 Å². The van der Waals surface area contributed by atoms with Gasteiger partial charge in [0.2, 0.25) is 0 Å². The molecule has 0 aliphatic carbocycles. The van der Waals surface area contributed by atoms with Gasteiger partial charge in [-0.3, -0.25) is 4.79 Å². The molecule has 0 amide bonds. The summed E-state index contributed by atoms with van der Waals surface area (Å²) in [5.74, 6) is 0.764. The summed E-state index contributed by atoms with van der Waals surface area (Å²) in [7, 11) is 0. The summed E-state index contributed by atoms with van der Waals surface area (Å²) in [5, 5.41) is 0. The van der Waals surface area contributed by atoms with Crippen LogP contribution in [0.4, 0.5) is 0 Å². The molecule has 238 valence electrons. The Morgan fingerprint density at radius 2 is 0.975 bits per heavy atom. The maximum atomic E-state index is 12.7. The number of hydrogen-bond donors (Lipinski definition) is 0. The third kappa shape index (κ3) is 28.7. The first-order valence-corrected chi connectivity index (χ1v) is 18.5. The molecule has 0 bridgehead atoms. The number of hydrogen-bond acceptors (Lipinski definition) is 2. The van der Waals surface area contributed by atoms with Crippen LogP contribution in [0, 0.1) is 5.92 Å². The van der Waals surface area contributed by atoms with Gasteiger partial charge >= 0.3 is 5.97 Å². The van der Waals surface area contributed by atoms with E-state index in [0.717, 1.165) is 25.7 Å². The van der Waals surface area contributed by atoms with Gasteiger partial charge in [-0.1, -0.05) is 168 Å². The predicted molar refractivity (Wildman–Crippen MR) is 179 cm³/mol. The molecule has 2 nitrogen and oxygen atoms in total. The van der Waals surface area contributed by atoms with Gasteiger partial charge in [0.25, 0.3) is 0 Å². The zero-order valence-electron chi connectivity index (χ0n) is 28.1.